The van der Waals surface area contributed by atoms with Crippen LogP contribution >= 0.6 is 0 Å². The summed E-state index contributed by atoms with van der Waals surface area (Å²) in [6.45, 7) is 2.66. The zero-order valence-corrected chi connectivity index (χ0v) is 16.4. The Kier molecular flexibility index (Phi) is 6.74. The number of rotatable bonds is 5. The molecule has 9 heteroatoms. The Hall–Kier alpha value is -3.38. The molecule has 0 fully saturated rings. The monoisotopic (exact) mass is 384 g/mol. The maximum absolute atomic E-state index is 12.8. The Labute approximate surface area is 164 Å². The molecule has 1 heterocycles. The highest BCUT2D eigenvalue weighted by atomic mass is 16.5. The molecule has 0 spiro atoms. The normalized spacial score (nSPS) is 16.5. The third-order valence-electron chi connectivity index (χ3n) is 4.30. The second kappa shape index (κ2) is 9.01. The van der Waals surface area contributed by atoms with Crippen molar-refractivity contribution in [1.29, 1.82) is 10.7 Å². The van der Waals surface area contributed by atoms with E-state index in [0.717, 1.165) is 0 Å². The first-order chi connectivity index (χ1) is 13.3. The van der Waals surface area contributed by atoms with E-state index in [2.05, 4.69) is 10.6 Å². The number of nitriles is 1. The van der Waals surface area contributed by atoms with Crippen molar-refractivity contribution in [3.05, 3.63) is 46.7 Å². The minimum absolute atomic E-state index is 0.151. The summed E-state index contributed by atoms with van der Waals surface area (Å²) in [4.78, 5) is 28.4. The van der Waals surface area contributed by atoms with Gasteiger partial charge in [-0.1, -0.05) is 12.1 Å². The average molecular weight is 384 g/mol. The van der Waals surface area contributed by atoms with Gasteiger partial charge in [0.15, 0.2) is 0 Å². The van der Waals surface area contributed by atoms with Crippen LogP contribution in [0.2, 0.25) is 0 Å². The van der Waals surface area contributed by atoms with E-state index in [0.29, 0.717) is 29.9 Å². The fourth-order valence-electron chi connectivity index (χ4n) is 2.89. The predicted octanol–water partition coefficient (Wildman–Crippen LogP) is 1.16. The van der Waals surface area contributed by atoms with Crippen LogP contribution in [0.3, 0.4) is 0 Å². The van der Waals surface area contributed by atoms with Crippen molar-refractivity contribution < 1.29 is 14.3 Å². The molecule has 2 rings (SSSR count). The smallest absolute Gasteiger partial charge is 0.337 e. The molecule has 0 aromatic heterocycles. The van der Waals surface area contributed by atoms with Crippen LogP contribution in [0, 0.1) is 16.7 Å². The molecule has 0 radical (unpaired) electrons. The van der Waals surface area contributed by atoms with Crippen LogP contribution in [0.25, 0.3) is 0 Å². The van der Waals surface area contributed by atoms with Crippen molar-refractivity contribution in [1.82, 2.24) is 20.4 Å². The fraction of sp³-hybridized carbons (Fsp3) is 0.368. The molecule has 9 nitrogen and oxygen atoms in total. The highest BCUT2D eigenvalue weighted by Crippen LogP contribution is 2.34. The van der Waals surface area contributed by atoms with Gasteiger partial charge in [0, 0.05) is 18.8 Å². The number of nitrogens with one attached hydrogen (secondary N) is 3. The number of methoxy groups -OCH3 is 1. The zero-order chi connectivity index (χ0) is 20.8. The lowest BCUT2D eigenvalue weighted by Gasteiger charge is -2.38. The first-order valence-corrected chi connectivity index (χ1v) is 8.66. The maximum atomic E-state index is 12.8. The summed E-state index contributed by atoms with van der Waals surface area (Å²) in [7, 11) is 5.04. The molecule has 0 saturated heterocycles. The minimum Gasteiger partial charge on any atom is -0.466 e. The van der Waals surface area contributed by atoms with Gasteiger partial charge < -0.3 is 20.3 Å². The van der Waals surface area contributed by atoms with Gasteiger partial charge in [-0.25, -0.2) is 9.59 Å². The van der Waals surface area contributed by atoms with Gasteiger partial charge in [0.1, 0.15) is 6.04 Å². The van der Waals surface area contributed by atoms with Crippen molar-refractivity contribution in [2.75, 3.05) is 34.3 Å². The minimum atomic E-state index is -0.853. The molecule has 28 heavy (non-hydrogen) atoms. The van der Waals surface area contributed by atoms with E-state index in [-0.39, 0.29) is 11.5 Å². The topological polar surface area (TPSA) is 122 Å². The van der Waals surface area contributed by atoms with Gasteiger partial charge in [-0.2, -0.15) is 5.26 Å². The van der Waals surface area contributed by atoms with Crippen LogP contribution in [0.1, 0.15) is 24.1 Å². The van der Waals surface area contributed by atoms with Crippen molar-refractivity contribution in [2.24, 2.45) is 0 Å². The Morgan fingerprint density at radius 2 is 2.00 bits per heavy atom. The van der Waals surface area contributed by atoms with E-state index in [1.165, 1.54) is 12.0 Å². The Morgan fingerprint density at radius 1 is 1.36 bits per heavy atom. The van der Waals surface area contributed by atoms with Crippen molar-refractivity contribution in [3.63, 3.8) is 0 Å². The molecule has 0 aliphatic carbocycles. The highest BCUT2D eigenvalue weighted by molar-refractivity contribution is 6.02. The van der Waals surface area contributed by atoms with Gasteiger partial charge in [-0.05, 0) is 38.7 Å². The maximum Gasteiger partial charge on any atom is 0.337 e. The van der Waals surface area contributed by atoms with E-state index in [1.807, 2.05) is 25.1 Å². The third-order valence-corrected chi connectivity index (χ3v) is 4.30. The molecule has 1 aliphatic heterocycles. The number of carbonyl (C=O) groups excluding carboxylic acids is 2. The quantitative estimate of drug-likeness (QED) is 0.655. The molecular formula is C19H24N6O3. The van der Waals surface area contributed by atoms with Crippen LogP contribution in [0.5, 0.6) is 0 Å². The lowest BCUT2D eigenvalue weighted by Crippen LogP contribution is -2.55. The first-order valence-electron chi connectivity index (χ1n) is 8.66. The molecule has 1 aliphatic rings. The first kappa shape index (κ1) is 20.9. The van der Waals surface area contributed by atoms with Crippen LogP contribution in [-0.4, -0.2) is 62.1 Å². The van der Waals surface area contributed by atoms with Gasteiger partial charge in [0.2, 0.25) is 5.96 Å². The van der Waals surface area contributed by atoms with Crippen LogP contribution in [0.15, 0.2) is 35.5 Å². The van der Waals surface area contributed by atoms with Gasteiger partial charge in [-0.15, -0.1) is 0 Å². The number of likely N-dealkylation sites (N-methyl/N-ethyl adjacent to an activating group) is 1. The van der Waals surface area contributed by atoms with Crippen LogP contribution in [-0.2, 0) is 9.53 Å². The third kappa shape index (κ3) is 4.47. The standard InChI is InChI=1S/C19H24N6O3/c1-12-15(17(26)28-4)16(14-7-5-13(11-20)6-8-14)25(18(21)23-12)19(27)22-9-10-24(2)3/h5-8,16H,9-10H2,1-4H3,(H2,21,23)(H,22,27). The molecule has 2 amide bonds. The van der Waals surface area contributed by atoms with Crippen LogP contribution < -0.4 is 10.6 Å². The molecule has 3 N–H and O–H groups in total. The van der Waals surface area contributed by atoms with Crippen molar-refractivity contribution >= 4 is 18.0 Å². The summed E-state index contributed by atoms with van der Waals surface area (Å²) in [5, 5.41) is 22.8. The van der Waals surface area contributed by atoms with E-state index in [1.54, 1.807) is 31.2 Å². The molecule has 0 bridgehead atoms. The van der Waals surface area contributed by atoms with Gasteiger partial charge in [0.05, 0.1) is 24.3 Å². The molecular weight excluding hydrogens is 360 g/mol. The number of guanidine groups is 1. The zero-order valence-electron chi connectivity index (χ0n) is 16.4. The van der Waals surface area contributed by atoms with E-state index < -0.39 is 18.0 Å². The SMILES string of the molecule is COC(=O)C1=C(C)NC(=N)N(C(=O)NCCN(C)C)C1c1ccc(C#N)cc1. The molecule has 148 valence electrons. The van der Waals surface area contributed by atoms with Crippen molar-refractivity contribution in [3.8, 4) is 6.07 Å². The van der Waals surface area contributed by atoms with E-state index in [4.69, 9.17) is 15.4 Å². The number of hydrogen-bond donors (Lipinski definition) is 3. The van der Waals surface area contributed by atoms with Crippen LogP contribution in [0.4, 0.5) is 4.79 Å². The van der Waals surface area contributed by atoms with Gasteiger partial charge >= 0.3 is 12.0 Å². The summed E-state index contributed by atoms with van der Waals surface area (Å²) in [6.07, 6.45) is 0. The summed E-state index contributed by atoms with van der Waals surface area (Å²) >= 11 is 0. The van der Waals surface area contributed by atoms with Crippen molar-refractivity contribution in [2.45, 2.75) is 13.0 Å². The van der Waals surface area contributed by atoms with Gasteiger partial charge in [0.25, 0.3) is 0 Å². The second-order valence-corrected chi connectivity index (χ2v) is 6.55. The lowest BCUT2D eigenvalue weighted by molar-refractivity contribution is -0.136. The molecule has 1 atom stereocenters. The Balaban J connectivity index is 2.47. The molecule has 0 saturated carbocycles. The number of urea groups is 1. The number of carbonyl (C=O) groups is 2. The molecule has 1 unspecified atom stereocenters. The number of amides is 2. The summed E-state index contributed by atoms with van der Waals surface area (Å²) < 4.78 is 4.91. The number of allylic oxidation sites excluding steroid dienone is 1. The largest absolute Gasteiger partial charge is 0.466 e. The lowest BCUT2D eigenvalue weighted by atomic mass is 9.93. The summed E-state index contributed by atoms with van der Waals surface area (Å²) in [5.74, 6) is -0.750. The number of benzene rings is 1. The number of esters is 1. The van der Waals surface area contributed by atoms with E-state index in [9.17, 15) is 9.59 Å². The molecule has 1 aromatic rings. The Morgan fingerprint density at radius 3 is 2.54 bits per heavy atom. The summed E-state index contributed by atoms with van der Waals surface area (Å²) in [5.41, 5.74) is 1.71. The average Bonchev–Trinajstić information content (AvgIpc) is 2.66. The molecule has 1 aromatic carbocycles. The Bertz CT molecular complexity index is 838. The summed E-state index contributed by atoms with van der Waals surface area (Å²) in [6, 6.07) is 7.21. The fourth-order valence-corrected chi connectivity index (χ4v) is 2.89. The number of hydrogen-bond acceptors (Lipinski definition) is 6. The predicted molar refractivity (Wildman–Crippen MR) is 103 cm³/mol. The highest BCUT2D eigenvalue weighted by Gasteiger charge is 2.40. The van der Waals surface area contributed by atoms with Gasteiger partial charge in [-0.3, -0.25) is 10.3 Å². The second-order valence-electron chi connectivity index (χ2n) is 6.55. The van der Waals surface area contributed by atoms with E-state index >= 15 is 0 Å². The number of ether oxygens (including phenoxy) is 1. The number of nitrogens with zero attached hydrogens (tertiary/aromatic N) is 3.